The Kier molecular flexibility index (Phi) is 4.26. The van der Waals surface area contributed by atoms with Gasteiger partial charge in [-0.3, -0.25) is 14.7 Å². The average molecular weight is 352 g/mol. The van der Waals surface area contributed by atoms with Crippen molar-refractivity contribution in [1.82, 2.24) is 20.4 Å². The summed E-state index contributed by atoms with van der Waals surface area (Å²) in [7, 11) is 1.88. The van der Waals surface area contributed by atoms with Gasteiger partial charge < -0.3 is 10.2 Å². The first kappa shape index (κ1) is 16.8. The highest BCUT2D eigenvalue weighted by molar-refractivity contribution is 6.01. The van der Waals surface area contributed by atoms with Crippen LogP contribution in [-0.2, 0) is 4.79 Å². The lowest BCUT2D eigenvalue weighted by atomic mass is 9.89. The molecule has 3 atom stereocenters. The Morgan fingerprint density at radius 1 is 1.19 bits per heavy atom. The van der Waals surface area contributed by atoms with Gasteiger partial charge in [0.1, 0.15) is 5.69 Å². The number of hydrogen-bond acceptors (Lipinski definition) is 3. The highest BCUT2D eigenvalue weighted by atomic mass is 16.2. The number of benzene rings is 1. The normalized spacial score (nSPS) is 24.8. The van der Waals surface area contributed by atoms with Crippen LogP contribution in [0.1, 0.15) is 35.3 Å². The van der Waals surface area contributed by atoms with E-state index in [9.17, 15) is 9.59 Å². The number of amides is 2. The van der Waals surface area contributed by atoms with Gasteiger partial charge in [0, 0.05) is 37.3 Å². The van der Waals surface area contributed by atoms with Gasteiger partial charge in [0.25, 0.3) is 5.91 Å². The molecule has 2 aromatic rings. The Bertz CT molecular complexity index is 830. The number of aromatic nitrogens is 2. The average Bonchev–Trinajstić information content (AvgIpc) is 3.24. The first-order chi connectivity index (χ1) is 12.5. The summed E-state index contributed by atoms with van der Waals surface area (Å²) in [6, 6.07) is 9.95. The lowest BCUT2D eigenvalue weighted by Gasteiger charge is -2.25. The number of carbonyl (C=O) groups is 2. The van der Waals surface area contributed by atoms with Crippen molar-refractivity contribution in [2.24, 2.45) is 11.8 Å². The largest absolute Gasteiger partial charge is 0.356 e. The zero-order chi connectivity index (χ0) is 18.3. The molecule has 0 spiro atoms. The predicted octanol–water partition coefficient (Wildman–Crippen LogP) is 2.37. The van der Waals surface area contributed by atoms with E-state index in [1.165, 1.54) is 0 Å². The monoisotopic (exact) mass is 352 g/mol. The van der Waals surface area contributed by atoms with Crippen LogP contribution < -0.4 is 5.32 Å². The number of fused-ring (bicyclic) bond motifs is 1. The van der Waals surface area contributed by atoms with Crippen molar-refractivity contribution in [3.63, 3.8) is 0 Å². The van der Waals surface area contributed by atoms with Gasteiger partial charge in [0.15, 0.2) is 0 Å². The molecule has 6 heteroatoms. The first-order valence-electron chi connectivity index (χ1n) is 9.19. The third-order valence-corrected chi connectivity index (χ3v) is 5.90. The smallest absolute Gasteiger partial charge is 0.257 e. The number of H-pyrrole nitrogens is 1. The zero-order valence-electron chi connectivity index (χ0n) is 15.2. The van der Waals surface area contributed by atoms with Crippen LogP contribution in [-0.4, -0.2) is 46.5 Å². The SMILES string of the molecule is Cc1[nH]nc(-c2ccccc2)c1C(=O)N(C)[C@H]1C[C@H]2CC(=O)NC[C@H]2C1. The topological polar surface area (TPSA) is 78.1 Å². The highest BCUT2D eigenvalue weighted by Crippen LogP contribution is 2.39. The lowest BCUT2D eigenvalue weighted by Crippen LogP contribution is -2.38. The molecule has 0 radical (unpaired) electrons. The second-order valence-electron chi connectivity index (χ2n) is 7.51. The summed E-state index contributed by atoms with van der Waals surface area (Å²) in [5, 5.41) is 10.3. The van der Waals surface area contributed by atoms with Gasteiger partial charge in [0.2, 0.25) is 5.91 Å². The van der Waals surface area contributed by atoms with Crippen LogP contribution in [0.25, 0.3) is 11.3 Å². The Balaban J connectivity index is 1.57. The van der Waals surface area contributed by atoms with Crippen LogP contribution in [0.5, 0.6) is 0 Å². The van der Waals surface area contributed by atoms with E-state index >= 15 is 0 Å². The van der Waals surface area contributed by atoms with Crippen molar-refractivity contribution >= 4 is 11.8 Å². The van der Waals surface area contributed by atoms with Crippen LogP contribution in [0.3, 0.4) is 0 Å². The molecule has 1 aromatic carbocycles. The third kappa shape index (κ3) is 2.89. The van der Waals surface area contributed by atoms with Crippen LogP contribution in [0.2, 0.25) is 0 Å². The molecule has 1 aliphatic carbocycles. The van der Waals surface area contributed by atoms with Gasteiger partial charge in [0.05, 0.1) is 5.56 Å². The molecule has 4 rings (SSSR count). The predicted molar refractivity (Wildman–Crippen MR) is 98.5 cm³/mol. The molecule has 26 heavy (non-hydrogen) atoms. The molecule has 6 nitrogen and oxygen atoms in total. The van der Waals surface area contributed by atoms with Crippen molar-refractivity contribution in [2.75, 3.05) is 13.6 Å². The second kappa shape index (κ2) is 6.59. The molecule has 136 valence electrons. The van der Waals surface area contributed by atoms with Crippen LogP contribution in [0.15, 0.2) is 30.3 Å². The number of hydrogen-bond donors (Lipinski definition) is 2. The standard InChI is InChI=1S/C20H24N4O2/c1-12-18(19(23-22-12)13-6-4-3-5-7-13)20(26)24(2)16-8-14-10-17(25)21-11-15(14)9-16/h3-7,14-16H,8-11H2,1-2H3,(H,21,25)(H,22,23)/t14-,15+,16-/m0/s1. The minimum absolute atomic E-state index is 0.00182. The summed E-state index contributed by atoms with van der Waals surface area (Å²) in [5.41, 5.74) is 3.06. The maximum absolute atomic E-state index is 13.3. The zero-order valence-corrected chi connectivity index (χ0v) is 15.2. The summed E-state index contributed by atoms with van der Waals surface area (Å²) >= 11 is 0. The molecule has 1 aromatic heterocycles. The fourth-order valence-corrected chi connectivity index (χ4v) is 4.39. The minimum Gasteiger partial charge on any atom is -0.356 e. The Labute approximate surface area is 153 Å². The first-order valence-corrected chi connectivity index (χ1v) is 9.19. The summed E-state index contributed by atoms with van der Waals surface area (Å²) in [6.45, 7) is 2.62. The molecule has 1 aliphatic heterocycles. The minimum atomic E-state index is -0.00182. The highest BCUT2D eigenvalue weighted by Gasteiger charge is 2.41. The van der Waals surface area contributed by atoms with E-state index in [0.717, 1.165) is 30.6 Å². The van der Waals surface area contributed by atoms with Gasteiger partial charge in [-0.2, -0.15) is 5.10 Å². The Hall–Kier alpha value is -2.63. The number of carbonyl (C=O) groups excluding carboxylic acids is 2. The van der Waals surface area contributed by atoms with E-state index < -0.39 is 0 Å². The molecule has 2 fully saturated rings. The number of nitrogens with one attached hydrogen (secondary N) is 2. The number of aromatic amines is 1. The van der Waals surface area contributed by atoms with E-state index in [0.29, 0.717) is 29.5 Å². The van der Waals surface area contributed by atoms with E-state index in [2.05, 4.69) is 15.5 Å². The number of nitrogens with zero attached hydrogens (tertiary/aromatic N) is 2. The van der Waals surface area contributed by atoms with Crippen molar-refractivity contribution in [3.8, 4) is 11.3 Å². The molecule has 1 saturated heterocycles. The third-order valence-electron chi connectivity index (χ3n) is 5.90. The maximum Gasteiger partial charge on any atom is 0.257 e. The van der Waals surface area contributed by atoms with Gasteiger partial charge in [-0.15, -0.1) is 0 Å². The summed E-state index contributed by atoms with van der Waals surface area (Å²) in [5.74, 6) is 1.01. The molecule has 0 unspecified atom stereocenters. The van der Waals surface area contributed by atoms with E-state index in [4.69, 9.17) is 0 Å². The van der Waals surface area contributed by atoms with Crippen LogP contribution in [0, 0.1) is 18.8 Å². The van der Waals surface area contributed by atoms with Gasteiger partial charge in [-0.05, 0) is 31.6 Å². The maximum atomic E-state index is 13.3. The van der Waals surface area contributed by atoms with Crippen molar-refractivity contribution in [3.05, 3.63) is 41.6 Å². The molecule has 2 aliphatic rings. The molecule has 2 heterocycles. The van der Waals surface area contributed by atoms with Gasteiger partial charge in [-0.25, -0.2) is 0 Å². The number of piperidine rings is 1. The Morgan fingerprint density at radius 3 is 2.69 bits per heavy atom. The van der Waals surface area contributed by atoms with E-state index in [-0.39, 0.29) is 17.9 Å². The van der Waals surface area contributed by atoms with E-state index in [1.54, 1.807) is 0 Å². The Morgan fingerprint density at radius 2 is 1.92 bits per heavy atom. The molecular weight excluding hydrogens is 328 g/mol. The fourth-order valence-electron chi connectivity index (χ4n) is 4.39. The summed E-state index contributed by atoms with van der Waals surface area (Å²) in [4.78, 5) is 26.8. The second-order valence-corrected chi connectivity index (χ2v) is 7.51. The number of aryl methyl sites for hydroxylation is 1. The van der Waals surface area contributed by atoms with Crippen molar-refractivity contribution < 1.29 is 9.59 Å². The summed E-state index contributed by atoms with van der Waals surface area (Å²) in [6.07, 6.45) is 2.44. The number of rotatable bonds is 3. The van der Waals surface area contributed by atoms with Crippen molar-refractivity contribution in [1.29, 1.82) is 0 Å². The molecule has 0 bridgehead atoms. The summed E-state index contributed by atoms with van der Waals surface area (Å²) < 4.78 is 0. The fraction of sp³-hybridized carbons (Fsp3) is 0.450. The molecule has 1 saturated carbocycles. The van der Waals surface area contributed by atoms with Crippen LogP contribution in [0.4, 0.5) is 0 Å². The molecule has 2 amide bonds. The quantitative estimate of drug-likeness (QED) is 0.890. The van der Waals surface area contributed by atoms with Gasteiger partial charge in [-0.1, -0.05) is 30.3 Å². The van der Waals surface area contributed by atoms with Crippen molar-refractivity contribution in [2.45, 2.75) is 32.2 Å². The molecular formula is C20H24N4O2. The lowest BCUT2D eigenvalue weighted by molar-refractivity contribution is -0.124. The van der Waals surface area contributed by atoms with Gasteiger partial charge >= 0.3 is 0 Å². The molecule has 2 N–H and O–H groups in total. The van der Waals surface area contributed by atoms with E-state index in [1.807, 2.05) is 49.2 Å². The van der Waals surface area contributed by atoms with Crippen LogP contribution >= 0.6 is 0 Å².